The molecular weight excluding hydrogens is 440 g/mol. The highest BCUT2D eigenvalue weighted by Crippen LogP contribution is 2.25. The molecule has 174 valence electrons. The smallest absolute Gasteiger partial charge is 0.255 e. The molecule has 0 unspecified atom stereocenters. The topological polar surface area (TPSA) is 84.3 Å². The molecule has 2 amide bonds. The van der Waals surface area contributed by atoms with Crippen LogP contribution < -0.4 is 10.2 Å². The third-order valence-corrected chi connectivity index (χ3v) is 6.01. The first-order valence-corrected chi connectivity index (χ1v) is 11.4. The van der Waals surface area contributed by atoms with Crippen molar-refractivity contribution in [3.8, 4) is 0 Å². The molecule has 4 aromatic rings. The highest BCUT2D eigenvalue weighted by molar-refractivity contribution is 6.15. The molecule has 35 heavy (non-hydrogen) atoms. The first-order valence-electron chi connectivity index (χ1n) is 11.4. The standard InChI is InChI=1S/C28H24N4O3/c1-19-17-25-31(26(33)15-16-32(25)30-19)18-20-11-13-22(14-12-20)28(35)29-24-10-6-5-9-23(24)27(34)21-7-3-2-4-8-21/h2-14,17H,15-16,18H2,1H3,(H,29,35). The van der Waals surface area contributed by atoms with Gasteiger partial charge in [0.25, 0.3) is 5.91 Å². The molecule has 0 spiro atoms. The Morgan fingerprint density at radius 2 is 1.63 bits per heavy atom. The Labute approximate surface area is 203 Å². The summed E-state index contributed by atoms with van der Waals surface area (Å²) in [6, 6.07) is 25.0. The van der Waals surface area contributed by atoms with Crippen LogP contribution in [0.4, 0.5) is 11.5 Å². The van der Waals surface area contributed by atoms with Gasteiger partial charge in [-0.15, -0.1) is 0 Å². The number of hydrogen-bond donors (Lipinski definition) is 1. The molecule has 1 aliphatic heterocycles. The number of fused-ring (bicyclic) bond motifs is 1. The fourth-order valence-electron chi connectivity index (χ4n) is 4.22. The van der Waals surface area contributed by atoms with Crippen LogP contribution in [-0.2, 0) is 17.9 Å². The molecule has 7 heteroatoms. The molecule has 1 aromatic heterocycles. The van der Waals surface area contributed by atoms with Crippen LogP contribution in [0.3, 0.4) is 0 Å². The normalized spacial score (nSPS) is 12.8. The van der Waals surface area contributed by atoms with Gasteiger partial charge in [-0.05, 0) is 36.8 Å². The lowest BCUT2D eigenvalue weighted by Crippen LogP contribution is -2.36. The van der Waals surface area contributed by atoms with Crippen LogP contribution in [0.25, 0.3) is 0 Å². The summed E-state index contributed by atoms with van der Waals surface area (Å²) in [6.07, 6.45) is 0.412. The maximum absolute atomic E-state index is 12.9. The van der Waals surface area contributed by atoms with E-state index in [2.05, 4.69) is 10.4 Å². The molecule has 5 rings (SSSR count). The monoisotopic (exact) mass is 464 g/mol. The Balaban J connectivity index is 1.31. The Hall–Kier alpha value is -4.52. The van der Waals surface area contributed by atoms with Crippen molar-refractivity contribution in [1.82, 2.24) is 9.78 Å². The van der Waals surface area contributed by atoms with E-state index in [1.807, 2.05) is 48.0 Å². The summed E-state index contributed by atoms with van der Waals surface area (Å²) in [4.78, 5) is 40.1. The maximum atomic E-state index is 12.9. The van der Waals surface area contributed by atoms with E-state index in [1.54, 1.807) is 53.4 Å². The largest absolute Gasteiger partial charge is 0.321 e. The first kappa shape index (κ1) is 22.3. The lowest BCUT2D eigenvalue weighted by molar-refractivity contribution is -0.119. The number of carbonyl (C=O) groups is 3. The average Bonchev–Trinajstić information content (AvgIpc) is 3.27. The molecule has 0 fully saturated rings. The number of ketones is 1. The number of benzene rings is 3. The highest BCUT2D eigenvalue weighted by atomic mass is 16.2. The van der Waals surface area contributed by atoms with Crippen LogP contribution in [0.2, 0.25) is 0 Å². The first-order chi connectivity index (χ1) is 17.0. The zero-order valence-electron chi connectivity index (χ0n) is 19.3. The van der Waals surface area contributed by atoms with Crippen molar-refractivity contribution in [3.63, 3.8) is 0 Å². The number of aryl methyl sites for hydroxylation is 2. The van der Waals surface area contributed by atoms with Crippen LogP contribution in [0.5, 0.6) is 0 Å². The Bertz CT molecular complexity index is 1410. The number of nitrogens with one attached hydrogen (secondary N) is 1. The molecule has 7 nitrogen and oxygen atoms in total. The second kappa shape index (κ2) is 9.38. The number of rotatable bonds is 6. The molecule has 0 saturated heterocycles. The van der Waals surface area contributed by atoms with Crippen LogP contribution in [0.15, 0.2) is 84.9 Å². The Kier molecular flexibility index (Phi) is 5.97. The SMILES string of the molecule is Cc1cc2n(n1)CCC(=O)N2Cc1ccc(C(=O)Nc2ccccc2C(=O)c2ccccc2)cc1. The van der Waals surface area contributed by atoms with Gasteiger partial charge in [0.2, 0.25) is 5.91 Å². The van der Waals surface area contributed by atoms with Crippen molar-refractivity contribution in [2.24, 2.45) is 0 Å². The van der Waals surface area contributed by atoms with E-state index in [9.17, 15) is 14.4 Å². The molecule has 0 radical (unpaired) electrons. The summed E-state index contributed by atoms with van der Waals surface area (Å²) in [5.41, 5.74) is 3.68. The van der Waals surface area contributed by atoms with Crippen molar-refractivity contribution in [3.05, 3.63) is 113 Å². The fraction of sp³-hybridized carbons (Fsp3) is 0.143. The van der Waals surface area contributed by atoms with E-state index in [1.165, 1.54) is 0 Å². The predicted molar refractivity (Wildman–Crippen MR) is 133 cm³/mol. The third kappa shape index (κ3) is 4.61. The molecule has 0 aliphatic carbocycles. The van der Waals surface area contributed by atoms with Crippen molar-refractivity contribution >= 4 is 29.1 Å². The molecule has 2 heterocycles. The van der Waals surface area contributed by atoms with Gasteiger partial charge in [0.05, 0.1) is 24.5 Å². The van der Waals surface area contributed by atoms with Gasteiger partial charge in [-0.25, -0.2) is 4.68 Å². The quantitative estimate of drug-likeness (QED) is 0.422. The van der Waals surface area contributed by atoms with Gasteiger partial charge < -0.3 is 5.32 Å². The van der Waals surface area contributed by atoms with Gasteiger partial charge in [-0.2, -0.15) is 5.10 Å². The van der Waals surface area contributed by atoms with E-state index in [-0.39, 0.29) is 17.6 Å². The Morgan fingerprint density at radius 3 is 2.40 bits per heavy atom. The van der Waals surface area contributed by atoms with Crippen molar-refractivity contribution in [1.29, 1.82) is 0 Å². The van der Waals surface area contributed by atoms with E-state index in [0.29, 0.717) is 41.9 Å². The number of para-hydroxylation sites is 1. The number of carbonyl (C=O) groups excluding carboxylic acids is 3. The average molecular weight is 465 g/mol. The van der Waals surface area contributed by atoms with E-state index in [4.69, 9.17) is 0 Å². The van der Waals surface area contributed by atoms with Crippen LogP contribution in [-0.4, -0.2) is 27.4 Å². The van der Waals surface area contributed by atoms with E-state index >= 15 is 0 Å². The minimum Gasteiger partial charge on any atom is -0.321 e. The second-order valence-electron chi connectivity index (χ2n) is 8.49. The van der Waals surface area contributed by atoms with Crippen LogP contribution >= 0.6 is 0 Å². The minimum atomic E-state index is -0.312. The molecule has 1 N–H and O–H groups in total. The second-order valence-corrected chi connectivity index (χ2v) is 8.49. The van der Waals surface area contributed by atoms with Crippen molar-refractivity contribution in [2.45, 2.75) is 26.4 Å². The zero-order chi connectivity index (χ0) is 24.4. The van der Waals surface area contributed by atoms with Crippen molar-refractivity contribution < 1.29 is 14.4 Å². The van der Waals surface area contributed by atoms with E-state index in [0.717, 1.165) is 17.1 Å². The molecule has 1 aliphatic rings. The summed E-state index contributed by atoms with van der Waals surface area (Å²) in [6.45, 7) is 2.90. The van der Waals surface area contributed by atoms with Crippen molar-refractivity contribution in [2.75, 3.05) is 10.2 Å². The summed E-state index contributed by atoms with van der Waals surface area (Å²) in [5.74, 6) is 0.379. The van der Waals surface area contributed by atoms with E-state index < -0.39 is 0 Å². The van der Waals surface area contributed by atoms with Gasteiger partial charge in [0, 0.05) is 29.2 Å². The zero-order valence-corrected chi connectivity index (χ0v) is 19.3. The number of hydrogen-bond acceptors (Lipinski definition) is 4. The molecule has 0 bridgehead atoms. The lowest BCUT2D eigenvalue weighted by Gasteiger charge is -2.27. The van der Waals surface area contributed by atoms with Gasteiger partial charge in [-0.3, -0.25) is 19.3 Å². The lowest BCUT2D eigenvalue weighted by atomic mass is 10.0. The maximum Gasteiger partial charge on any atom is 0.255 e. The highest BCUT2D eigenvalue weighted by Gasteiger charge is 2.25. The molecular formula is C28H24N4O3. The van der Waals surface area contributed by atoms with Gasteiger partial charge >= 0.3 is 0 Å². The number of aromatic nitrogens is 2. The van der Waals surface area contributed by atoms with Crippen LogP contribution in [0, 0.1) is 6.92 Å². The van der Waals surface area contributed by atoms with Crippen LogP contribution in [0.1, 0.15) is 44.0 Å². The molecule has 3 aromatic carbocycles. The summed E-state index contributed by atoms with van der Waals surface area (Å²) in [5, 5.41) is 7.30. The van der Waals surface area contributed by atoms with Gasteiger partial charge in [0.1, 0.15) is 5.82 Å². The summed E-state index contributed by atoms with van der Waals surface area (Å²) < 4.78 is 1.85. The minimum absolute atomic E-state index is 0.0545. The fourth-order valence-corrected chi connectivity index (χ4v) is 4.22. The molecule has 0 atom stereocenters. The summed E-state index contributed by atoms with van der Waals surface area (Å²) in [7, 11) is 0. The summed E-state index contributed by atoms with van der Waals surface area (Å²) >= 11 is 0. The number of nitrogens with zero attached hydrogens (tertiary/aromatic N) is 3. The van der Waals surface area contributed by atoms with Gasteiger partial charge in [0.15, 0.2) is 5.78 Å². The number of amides is 2. The third-order valence-electron chi connectivity index (χ3n) is 6.01. The molecule has 0 saturated carbocycles. The van der Waals surface area contributed by atoms with Gasteiger partial charge in [-0.1, -0.05) is 54.6 Å². The Morgan fingerprint density at radius 1 is 0.914 bits per heavy atom. The number of anilines is 2. The predicted octanol–water partition coefficient (Wildman–Crippen LogP) is 4.61.